The van der Waals surface area contributed by atoms with Crippen LogP contribution in [0.3, 0.4) is 0 Å². The molecule has 6 rings (SSSR count). The standard InChI is InChI=1S/C29H23N5O2/c1-34-15-21(18-12-13-24(35-2)25(14-18)36-3)28(16-30,17-31)29(34)20-9-5-4-8-19(20)26-27(29)33-23-11-7-6-10-22(23)32-26/h4-14,21H,15H2,1-3H3/t21-,29-/m1/s1. The molecule has 0 bridgehead atoms. The summed E-state index contributed by atoms with van der Waals surface area (Å²) < 4.78 is 11.0. The van der Waals surface area contributed by atoms with Gasteiger partial charge in [0.05, 0.1) is 48.8 Å². The molecule has 0 amide bonds. The monoisotopic (exact) mass is 473 g/mol. The number of nitrogens with zero attached hydrogens (tertiary/aromatic N) is 5. The largest absolute Gasteiger partial charge is 0.493 e. The molecule has 1 fully saturated rings. The lowest BCUT2D eigenvalue weighted by atomic mass is 9.62. The second-order valence-corrected chi connectivity index (χ2v) is 9.24. The van der Waals surface area contributed by atoms with Gasteiger partial charge in [-0.1, -0.05) is 42.5 Å². The van der Waals surface area contributed by atoms with Gasteiger partial charge in [-0.15, -0.1) is 0 Å². The van der Waals surface area contributed by atoms with Gasteiger partial charge in [-0.3, -0.25) is 4.90 Å². The molecule has 2 aliphatic rings. The lowest BCUT2D eigenvalue weighted by molar-refractivity contribution is 0.165. The summed E-state index contributed by atoms with van der Waals surface area (Å²) in [5.74, 6) is 0.710. The van der Waals surface area contributed by atoms with E-state index in [1.807, 2.05) is 73.8 Å². The average molecular weight is 474 g/mol. The van der Waals surface area contributed by atoms with E-state index >= 15 is 0 Å². The van der Waals surface area contributed by atoms with E-state index in [2.05, 4.69) is 17.0 Å². The third kappa shape index (κ3) is 2.53. The number of hydrogen-bond donors (Lipinski definition) is 0. The van der Waals surface area contributed by atoms with Gasteiger partial charge in [0.15, 0.2) is 16.9 Å². The first kappa shape index (κ1) is 22.0. The number of fused-ring (bicyclic) bond motifs is 6. The van der Waals surface area contributed by atoms with Crippen molar-refractivity contribution >= 4 is 11.0 Å². The van der Waals surface area contributed by atoms with E-state index < -0.39 is 16.9 Å². The predicted octanol–water partition coefficient (Wildman–Crippen LogP) is 4.63. The van der Waals surface area contributed by atoms with Crippen LogP contribution in [0.25, 0.3) is 22.3 Å². The minimum Gasteiger partial charge on any atom is -0.493 e. The highest BCUT2D eigenvalue weighted by molar-refractivity contribution is 5.85. The number of para-hydroxylation sites is 2. The fourth-order valence-electron chi connectivity index (χ4n) is 6.23. The van der Waals surface area contributed by atoms with Crippen molar-refractivity contribution in [2.24, 2.45) is 5.41 Å². The zero-order valence-electron chi connectivity index (χ0n) is 20.2. The lowest BCUT2D eigenvalue weighted by Crippen LogP contribution is -2.49. The molecule has 0 N–H and O–H groups in total. The van der Waals surface area contributed by atoms with Crippen LogP contribution in [0.5, 0.6) is 11.5 Å². The predicted molar refractivity (Wildman–Crippen MR) is 134 cm³/mol. The molecule has 2 heterocycles. The summed E-state index contributed by atoms with van der Waals surface area (Å²) in [5, 5.41) is 21.8. The molecule has 1 aliphatic heterocycles. The summed E-state index contributed by atoms with van der Waals surface area (Å²) in [7, 11) is 5.13. The lowest BCUT2D eigenvalue weighted by Gasteiger charge is -2.40. The van der Waals surface area contributed by atoms with Gasteiger partial charge in [0, 0.05) is 18.0 Å². The maximum Gasteiger partial charge on any atom is 0.179 e. The fraction of sp³-hybridized carbons (Fsp3) is 0.241. The second kappa shape index (κ2) is 7.78. The summed E-state index contributed by atoms with van der Waals surface area (Å²) in [6.45, 7) is 0.471. The van der Waals surface area contributed by atoms with Crippen LogP contribution >= 0.6 is 0 Å². The Labute approximate surface area is 209 Å². The van der Waals surface area contributed by atoms with Gasteiger partial charge in [-0.05, 0) is 42.4 Å². The molecule has 36 heavy (non-hydrogen) atoms. The van der Waals surface area contributed by atoms with Crippen molar-refractivity contribution in [2.45, 2.75) is 11.5 Å². The Hall–Kier alpha value is -4.46. The number of ether oxygens (including phenoxy) is 2. The van der Waals surface area contributed by atoms with Crippen molar-refractivity contribution in [1.29, 1.82) is 10.5 Å². The van der Waals surface area contributed by atoms with Crippen molar-refractivity contribution in [1.82, 2.24) is 14.9 Å². The zero-order valence-corrected chi connectivity index (χ0v) is 20.2. The molecule has 1 aromatic heterocycles. The molecule has 3 aromatic carbocycles. The Bertz CT molecular complexity index is 1600. The smallest absolute Gasteiger partial charge is 0.179 e. The van der Waals surface area contributed by atoms with Crippen molar-refractivity contribution in [2.75, 3.05) is 27.8 Å². The molecule has 1 spiro atoms. The van der Waals surface area contributed by atoms with Crippen LogP contribution in [0.15, 0.2) is 66.7 Å². The number of hydrogen-bond acceptors (Lipinski definition) is 7. The van der Waals surface area contributed by atoms with Crippen molar-refractivity contribution in [3.8, 4) is 34.9 Å². The van der Waals surface area contributed by atoms with E-state index in [9.17, 15) is 10.5 Å². The first-order valence-electron chi connectivity index (χ1n) is 11.7. The van der Waals surface area contributed by atoms with Gasteiger partial charge >= 0.3 is 0 Å². The van der Waals surface area contributed by atoms with E-state index in [4.69, 9.17) is 19.4 Å². The van der Waals surface area contributed by atoms with Gasteiger partial charge in [-0.2, -0.15) is 10.5 Å². The van der Waals surface area contributed by atoms with Gasteiger partial charge in [-0.25, -0.2) is 9.97 Å². The maximum absolute atomic E-state index is 10.9. The molecule has 4 aromatic rings. The van der Waals surface area contributed by atoms with Crippen molar-refractivity contribution in [3.05, 3.63) is 83.6 Å². The average Bonchev–Trinajstić information content (AvgIpc) is 3.37. The molecular formula is C29H23N5O2. The van der Waals surface area contributed by atoms with E-state index in [1.165, 1.54) is 0 Å². The third-order valence-electron chi connectivity index (χ3n) is 7.77. The Morgan fingerprint density at radius 2 is 1.56 bits per heavy atom. The highest BCUT2D eigenvalue weighted by atomic mass is 16.5. The molecule has 7 nitrogen and oxygen atoms in total. The molecule has 0 saturated carbocycles. The first-order chi connectivity index (χ1) is 17.5. The minimum atomic E-state index is -1.49. The number of rotatable bonds is 3. The van der Waals surface area contributed by atoms with Crippen LogP contribution in [0.1, 0.15) is 22.7 Å². The highest BCUT2D eigenvalue weighted by Gasteiger charge is 2.70. The molecule has 7 heteroatoms. The number of likely N-dealkylation sites (tertiary alicyclic amines) is 1. The number of methoxy groups -OCH3 is 2. The molecule has 0 unspecified atom stereocenters. The highest BCUT2D eigenvalue weighted by Crippen LogP contribution is 2.65. The molecule has 2 atom stereocenters. The fourth-order valence-corrected chi connectivity index (χ4v) is 6.23. The summed E-state index contributed by atoms with van der Waals surface area (Å²) in [6, 6.07) is 26.2. The number of benzene rings is 3. The topological polar surface area (TPSA) is 95.1 Å². The molecule has 0 radical (unpaired) electrons. The van der Waals surface area contributed by atoms with Gasteiger partial charge in [0.1, 0.15) is 5.54 Å². The van der Waals surface area contributed by atoms with Crippen LogP contribution in [-0.4, -0.2) is 42.7 Å². The quantitative estimate of drug-likeness (QED) is 0.428. The minimum absolute atomic E-state index is 0.440. The maximum atomic E-state index is 10.9. The van der Waals surface area contributed by atoms with E-state index in [0.29, 0.717) is 23.7 Å². The third-order valence-corrected chi connectivity index (χ3v) is 7.77. The van der Waals surface area contributed by atoms with Crippen molar-refractivity contribution in [3.63, 3.8) is 0 Å². The first-order valence-corrected chi connectivity index (χ1v) is 11.7. The Balaban J connectivity index is 1.68. The summed E-state index contributed by atoms with van der Waals surface area (Å²) >= 11 is 0. The van der Waals surface area contributed by atoms with Gasteiger partial charge in [0.25, 0.3) is 0 Å². The van der Waals surface area contributed by atoms with E-state index in [-0.39, 0.29) is 0 Å². The van der Waals surface area contributed by atoms with Gasteiger partial charge in [0.2, 0.25) is 0 Å². The van der Waals surface area contributed by atoms with Crippen LogP contribution in [-0.2, 0) is 5.54 Å². The number of nitriles is 2. The molecule has 176 valence electrons. The van der Waals surface area contributed by atoms with E-state index in [0.717, 1.165) is 33.4 Å². The Kier molecular flexibility index (Phi) is 4.76. The van der Waals surface area contributed by atoms with E-state index in [1.54, 1.807) is 14.2 Å². The van der Waals surface area contributed by atoms with Crippen LogP contribution in [0.4, 0.5) is 0 Å². The SMILES string of the molecule is COc1ccc([C@H]2CN(C)[C@@]3(c4ccccc4-c4nc5ccccc5nc43)C2(C#N)C#N)cc1OC. The second-order valence-electron chi connectivity index (χ2n) is 9.24. The van der Waals surface area contributed by atoms with Crippen LogP contribution in [0, 0.1) is 28.1 Å². The zero-order chi connectivity index (χ0) is 25.1. The van der Waals surface area contributed by atoms with Gasteiger partial charge < -0.3 is 9.47 Å². The Morgan fingerprint density at radius 3 is 2.25 bits per heavy atom. The summed E-state index contributed by atoms with van der Waals surface area (Å²) in [4.78, 5) is 12.2. The van der Waals surface area contributed by atoms with Crippen LogP contribution in [0.2, 0.25) is 0 Å². The number of aromatic nitrogens is 2. The summed E-state index contributed by atoms with van der Waals surface area (Å²) in [5.41, 5.74) is 2.91. The molecule has 1 saturated heterocycles. The molecular weight excluding hydrogens is 450 g/mol. The van der Waals surface area contributed by atoms with Crippen molar-refractivity contribution < 1.29 is 9.47 Å². The molecule has 1 aliphatic carbocycles. The van der Waals surface area contributed by atoms with Crippen LogP contribution < -0.4 is 9.47 Å². The number of likely N-dealkylation sites (N-methyl/N-ethyl adjacent to an activating group) is 1. The normalized spacial score (nSPS) is 21.5. The summed E-state index contributed by atoms with van der Waals surface area (Å²) in [6.07, 6.45) is 0. The Morgan fingerprint density at radius 1 is 0.889 bits per heavy atom.